The molecule has 0 unspecified atom stereocenters. The van der Waals surface area contributed by atoms with E-state index >= 15 is 0 Å². The maximum Gasteiger partial charge on any atom is 0.120 e. The number of ether oxygens (including phenoxy) is 1. The quantitative estimate of drug-likeness (QED) is 0.830. The number of benzene rings is 1. The second kappa shape index (κ2) is 3.95. The summed E-state index contributed by atoms with van der Waals surface area (Å²) in [6, 6.07) is 6.12. The first-order valence-corrected chi connectivity index (χ1v) is 4.99. The van der Waals surface area contributed by atoms with Crippen molar-refractivity contribution in [3.63, 3.8) is 0 Å². The van der Waals surface area contributed by atoms with Gasteiger partial charge in [0.05, 0.1) is 7.11 Å². The van der Waals surface area contributed by atoms with E-state index in [2.05, 4.69) is 36.2 Å². The van der Waals surface area contributed by atoms with Gasteiger partial charge in [-0.05, 0) is 31.8 Å². The van der Waals surface area contributed by atoms with E-state index in [9.17, 15) is 0 Å². The molecule has 0 fully saturated rings. The van der Waals surface area contributed by atoms with Crippen molar-refractivity contribution >= 4 is 10.9 Å². The average molecular weight is 204 g/mol. The highest BCUT2D eigenvalue weighted by atomic mass is 16.5. The summed E-state index contributed by atoms with van der Waals surface area (Å²) in [7, 11) is 5.83. The number of rotatable bonds is 3. The number of H-pyrrole nitrogens is 1. The summed E-state index contributed by atoms with van der Waals surface area (Å²) in [5.74, 6) is 0.890. The van der Waals surface area contributed by atoms with Crippen LogP contribution in [0.3, 0.4) is 0 Å². The first-order chi connectivity index (χ1) is 7.20. The third-order valence-corrected chi connectivity index (χ3v) is 2.46. The molecule has 80 valence electrons. The predicted molar refractivity (Wildman–Crippen MR) is 62.2 cm³/mol. The largest absolute Gasteiger partial charge is 0.497 e. The van der Waals surface area contributed by atoms with Gasteiger partial charge in [0.25, 0.3) is 0 Å². The molecule has 0 saturated carbocycles. The molecule has 0 radical (unpaired) electrons. The maximum absolute atomic E-state index is 5.18. The second-order valence-electron chi connectivity index (χ2n) is 3.96. The monoisotopic (exact) mass is 204 g/mol. The summed E-state index contributed by atoms with van der Waals surface area (Å²) >= 11 is 0. The number of hydrogen-bond acceptors (Lipinski definition) is 2. The van der Waals surface area contributed by atoms with Crippen LogP contribution in [0.2, 0.25) is 0 Å². The molecule has 3 heteroatoms. The molecule has 15 heavy (non-hydrogen) atoms. The lowest BCUT2D eigenvalue weighted by atomic mass is 10.1. The summed E-state index contributed by atoms with van der Waals surface area (Å²) in [5.41, 5.74) is 2.45. The summed E-state index contributed by atoms with van der Waals surface area (Å²) in [4.78, 5) is 5.42. The van der Waals surface area contributed by atoms with E-state index in [0.717, 1.165) is 17.8 Å². The number of aromatic amines is 1. The number of nitrogens with zero attached hydrogens (tertiary/aromatic N) is 1. The van der Waals surface area contributed by atoms with Crippen LogP contribution in [0.1, 0.15) is 5.56 Å². The van der Waals surface area contributed by atoms with Crippen LogP contribution < -0.4 is 4.74 Å². The fourth-order valence-electron chi connectivity index (χ4n) is 1.76. The Kier molecular flexibility index (Phi) is 2.64. The molecule has 2 aromatic rings. The van der Waals surface area contributed by atoms with Gasteiger partial charge < -0.3 is 14.6 Å². The minimum Gasteiger partial charge on any atom is -0.497 e. The SMILES string of the molecule is COc1ccc2c(CN(C)C)c[nH]c2c1. The van der Waals surface area contributed by atoms with Crippen LogP contribution in [0.15, 0.2) is 24.4 Å². The van der Waals surface area contributed by atoms with Gasteiger partial charge in [-0.25, -0.2) is 0 Å². The fraction of sp³-hybridized carbons (Fsp3) is 0.333. The van der Waals surface area contributed by atoms with Crippen molar-refractivity contribution in [3.05, 3.63) is 30.0 Å². The molecule has 1 aromatic heterocycles. The van der Waals surface area contributed by atoms with Crippen molar-refractivity contribution in [3.8, 4) is 5.75 Å². The van der Waals surface area contributed by atoms with Crippen molar-refractivity contribution in [2.75, 3.05) is 21.2 Å². The fourth-order valence-corrected chi connectivity index (χ4v) is 1.76. The van der Waals surface area contributed by atoms with Crippen LogP contribution in [0.5, 0.6) is 5.75 Å². The van der Waals surface area contributed by atoms with Crippen molar-refractivity contribution in [1.82, 2.24) is 9.88 Å². The number of methoxy groups -OCH3 is 1. The highest BCUT2D eigenvalue weighted by molar-refractivity contribution is 5.84. The Morgan fingerprint density at radius 2 is 2.13 bits per heavy atom. The molecule has 0 aliphatic rings. The number of aromatic nitrogens is 1. The Hall–Kier alpha value is -1.48. The smallest absolute Gasteiger partial charge is 0.120 e. The van der Waals surface area contributed by atoms with Crippen LogP contribution in [0, 0.1) is 0 Å². The van der Waals surface area contributed by atoms with Crippen LogP contribution in [0.4, 0.5) is 0 Å². The van der Waals surface area contributed by atoms with Crippen molar-refractivity contribution in [2.24, 2.45) is 0 Å². The molecule has 1 heterocycles. The van der Waals surface area contributed by atoms with Gasteiger partial charge in [0, 0.05) is 29.7 Å². The third kappa shape index (κ3) is 1.97. The first kappa shape index (κ1) is 10.1. The Morgan fingerprint density at radius 1 is 1.33 bits per heavy atom. The first-order valence-electron chi connectivity index (χ1n) is 4.99. The molecular weight excluding hydrogens is 188 g/mol. The number of fused-ring (bicyclic) bond motifs is 1. The molecule has 0 aliphatic carbocycles. The van der Waals surface area contributed by atoms with Gasteiger partial charge in [-0.3, -0.25) is 0 Å². The van der Waals surface area contributed by atoms with Gasteiger partial charge in [-0.15, -0.1) is 0 Å². The summed E-state index contributed by atoms with van der Waals surface area (Å²) in [5, 5.41) is 1.27. The highest BCUT2D eigenvalue weighted by Gasteiger charge is 2.05. The Labute approximate surface area is 89.7 Å². The standard InChI is InChI=1S/C12H16N2O/c1-14(2)8-9-7-13-12-6-10(15-3)4-5-11(9)12/h4-7,13H,8H2,1-3H3. The minimum absolute atomic E-state index is 0.890. The molecule has 1 aromatic carbocycles. The molecule has 2 rings (SSSR count). The Bertz CT molecular complexity index is 460. The van der Waals surface area contributed by atoms with E-state index in [1.165, 1.54) is 10.9 Å². The predicted octanol–water partition coefficient (Wildman–Crippen LogP) is 2.24. The van der Waals surface area contributed by atoms with Gasteiger partial charge >= 0.3 is 0 Å². The lowest BCUT2D eigenvalue weighted by Gasteiger charge is -2.08. The molecule has 3 nitrogen and oxygen atoms in total. The molecule has 0 aliphatic heterocycles. The number of hydrogen-bond donors (Lipinski definition) is 1. The van der Waals surface area contributed by atoms with Gasteiger partial charge in [-0.2, -0.15) is 0 Å². The van der Waals surface area contributed by atoms with E-state index in [4.69, 9.17) is 4.74 Å². The van der Waals surface area contributed by atoms with Crippen LogP contribution in [0.25, 0.3) is 10.9 Å². The summed E-state index contributed by atoms with van der Waals surface area (Å²) in [6.45, 7) is 0.951. The van der Waals surface area contributed by atoms with Gasteiger partial charge in [0.1, 0.15) is 5.75 Å². The molecular formula is C12H16N2O. The average Bonchev–Trinajstić information content (AvgIpc) is 2.60. The van der Waals surface area contributed by atoms with Crippen molar-refractivity contribution in [2.45, 2.75) is 6.54 Å². The van der Waals surface area contributed by atoms with E-state index in [1.807, 2.05) is 12.1 Å². The van der Waals surface area contributed by atoms with Crippen molar-refractivity contribution in [1.29, 1.82) is 0 Å². The minimum atomic E-state index is 0.890. The van der Waals surface area contributed by atoms with E-state index < -0.39 is 0 Å². The molecule has 0 saturated heterocycles. The van der Waals surface area contributed by atoms with Crippen LogP contribution in [-0.4, -0.2) is 31.1 Å². The normalized spacial score (nSPS) is 11.2. The molecule has 0 amide bonds. The molecule has 0 bridgehead atoms. The molecule has 0 spiro atoms. The second-order valence-corrected chi connectivity index (χ2v) is 3.96. The lowest BCUT2D eigenvalue weighted by molar-refractivity contribution is 0.404. The van der Waals surface area contributed by atoms with E-state index in [1.54, 1.807) is 7.11 Å². The van der Waals surface area contributed by atoms with E-state index in [-0.39, 0.29) is 0 Å². The zero-order valence-corrected chi connectivity index (χ0v) is 9.37. The summed E-state index contributed by atoms with van der Waals surface area (Å²) in [6.07, 6.45) is 2.06. The Morgan fingerprint density at radius 3 is 2.80 bits per heavy atom. The highest BCUT2D eigenvalue weighted by Crippen LogP contribution is 2.23. The van der Waals surface area contributed by atoms with Gasteiger partial charge in [0.2, 0.25) is 0 Å². The van der Waals surface area contributed by atoms with Crippen LogP contribution >= 0.6 is 0 Å². The molecule has 1 N–H and O–H groups in total. The van der Waals surface area contributed by atoms with Gasteiger partial charge in [-0.1, -0.05) is 0 Å². The Balaban J connectivity index is 2.43. The molecule has 0 atom stereocenters. The lowest BCUT2D eigenvalue weighted by Crippen LogP contribution is -2.09. The third-order valence-electron chi connectivity index (χ3n) is 2.46. The van der Waals surface area contributed by atoms with Gasteiger partial charge in [0.15, 0.2) is 0 Å². The topological polar surface area (TPSA) is 28.3 Å². The zero-order valence-electron chi connectivity index (χ0n) is 9.37. The number of nitrogens with one attached hydrogen (secondary N) is 1. The van der Waals surface area contributed by atoms with Crippen molar-refractivity contribution < 1.29 is 4.74 Å². The zero-order chi connectivity index (χ0) is 10.8. The van der Waals surface area contributed by atoms with Crippen LogP contribution in [-0.2, 0) is 6.54 Å². The summed E-state index contributed by atoms with van der Waals surface area (Å²) < 4.78 is 5.18. The maximum atomic E-state index is 5.18. The van der Waals surface area contributed by atoms with E-state index in [0.29, 0.717) is 0 Å².